The minimum atomic E-state index is 1.13. The number of thiophene rings is 2. The smallest absolute Gasteiger partial charge is 0.0541 e. The lowest BCUT2D eigenvalue weighted by Gasteiger charge is -2.18. The van der Waals surface area contributed by atoms with E-state index in [-0.39, 0.29) is 0 Å². The maximum atomic E-state index is 2.51. The Morgan fingerprint density at radius 1 is 0.130 bits per heavy atom. The molecule has 3 aromatic heterocycles. The topological polar surface area (TPSA) is 4.93 Å². The van der Waals surface area contributed by atoms with Gasteiger partial charge in [0.2, 0.25) is 0 Å². The minimum Gasteiger partial charge on any atom is -0.309 e. The second kappa shape index (κ2) is 27.6. The molecule has 0 saturated heterocycles. The van der Waals surface area contributed by atoms with Crippen LogP contribution in [-0.4, -0.2) is 4.57 Å². The van der Waals surface area contributed by atoms with Gasteiger partial charge in [-0.05, 0) is 276 Å². The van der Waals surface area contributed by atoms with Crippen LogP contribution in [0.15, 0.2) is 431 Å². The van der Waals surface area contributed by atoms with E-state index in [1.165, 1.54) is 237 Å². The Labute approximate surface area is 717 Å². The van der Waals surface area contributed by atoms with Crippen molar-refractivity contribution in [1.29, 1.82) is 0 Å². The largest absolute Gasteiger partial charge is 0.309 e. The summed E-state index contributed by atoms with van der Waals surface area (Å²) < 4.78 is 7.51. The molecule has 3 heteroatoms. The van der Waals surface area contributed by atoms with Gasteiger partial charge in [-0.1, -0.05) is 346 Å². The van der Waals surface area contributed by atoms with Crippen LogP contribution in [0.3, 0.4) is 0 Å². The zero-order chi connectivity index (χ0) is 80.5. The van der Waals surface area contributed by atoms with Gasteiger partial charge in [-0.2, -0.15) is 0 Å². The van der Waals surface area contributed by atoms with Crippen LogP contribution < -0.4 is 0 Å². The van der Waals surface area contributed by atoms with E-state index in [4.69, 9.17) is 0 Å². The third-order valence-corrected chi connectivity index (χ3v) is 29.1. The molecule has 1 nitrogen and oxygen atoms in total. The average molecular weight is 1590 g/mol. The Morgan fingerprint density at radius 3 is 0.902 bits per heavy atom. The van der Waals surface area contributed by atoms with Crippen molar-refractivity contribution in [3.8, 4) is 106 Å². The Hall–Kier alpha value is -15.4. The number of aromatic nitrogens is 1. The number of fused-ring (bicyclic) bond motifs is 27. The molecule has 3 heterocycles. The van der Waals surface area contributed by atoms with Crippen molar-refractivity contribution >= 4 is 182 Å². The molecule has 0 bridgehead atoms. The highest BCUT2D eigenvalue weighted by molar-refractivity contribution is 7.27. The van der Waals surface area contributed by atoms with Crippen molar-refractivity contribution in [3.05, 3.63) is 431 Å². The predicted octanol–water partition coefficient (Wildman–Crippen LogP) is 34.9. The monoisotopic (exact) mass is 1590 g/mol. The number of hydrogen-bond acceptors (Lipinski definition) is 2. The standard InChI is InChI=1S/C120H71NS2/c1-4-31-94-88(25-1)91-28-7-10-34-97(91)112-69-75(53-60-100(94)112)73-51-58-84(110(67-73)72-49-56-83(57-50-72)121-115-46-16-13-37-103(115)104-38-14-17-47-116(104)121)78-23-19-24-79(63-78)86-40-20-43-107-108-44-22-45-109(120(108)123-119(86)107)111-68-74(76-54-61-101-95-32-5-2-26-89(95)92-29-8-11-35-98(92)113(101)70-76)52-59-85(111)81-64-80(65-82(66-81)87-41-21-42-106-105-39-15-18-48-117(105)122-118(87)106)77-55-62-102-96-33-6-3-27-90(96)93-30-9-12-36-99(93)114(102)71-77/h1-71H. The lowest BCUT2D eigenvalue weighted by molar-refractivity contribution is 1.18. The quantitative estimate of drug-likeness (QED) is 0.120. The fourth-order valence-corrected chi connectivity index (χ4v) is 23.5. The van der Waals surface area contributed by atoms with Crippen LogP contribution in [0.5, 0.6) is 0 Å². The summed E-state index contributed by atoms with van der Waals surface area (Å²) in [7, 11) is 0. The molecule has 568 valence electrons. The molecule has 26 rings (SSSR count). The Morgan fingerprint density at radius 2 is 0.423 bits per heavy atom. The second-order valence-corrected chi connectivity index (χ2v) is 35.2. The number of para-hydroxylation sites is 2. The van der Waals surface area contributed by atoms with Gasteiger partial charge in [0.25, 0.3) is 0 Å². The van der Waals surface area contributed by atoms with Crippen LogP contribution >= 0.6 is 22.7 Å². The van der Waals surface area contributed by atoms with Crippen molar-refractivity contribution < 1.29 is 0 Å². The molecule has 0 unspecified atom stereocenters. The molecule has 0 aliphatic heterocycles. The second-order valence-electron chi connectivity index (χ2n) is 33.1. The fourth-order valence-electron chi connectivity index (χ4n) is 20.9. The molecular formula is C120H71NS2. The molecule has 0 saturated carbocycles. The number of benzene rings is 23. The number of nitrogens with zero attached hydrogens (tertiary/aromatic N) is 1. The zero-order valence-electron chi connectivity index (χ0n) is 66.8. The van der Waals surface area contributed by atoms with Crippen LogP contribution in [0.1, 0.15) is 0 Å². The molecule has 0 aliphatic carbocycles. The highest BCUT2D eigenvalue weighted by Crippen LogP contribution is 2.52. The first-order chi connectivity index (χ1) is 61.0. The van der Waals surface area contributed by atoms with Crippen LogP contribution in [0.4, 0.5) is 0 Å². The van der Waals surface area contributed by atoms with E-state index in [0.717, 1.165) is 27.9 Å². The predicted molar refractivity (Wildman–Crippen MR) is 533 cm³/mol. The molecule has 0 spiro atoms. The molecule has 23 aromatic carbocycles. The lowest BCUT2D eigenvalue weighted by Crippen LogP contribution is -1.94. The van der Waals surface area contributed by atoms with Gasteiger partial charge in [-0.3, -0.25) is 0 Å². The summed E-state index contributed by atoms with van der Waals surface area (Å²) in [6.07, 6.45) is 0. The van der Waals surface area contributed by atoms with Gasteiger partial charge >= 0.3 is 0 Å². The van der Waals surface area contributed by atoms with Crippen molar-refractivity contribution in [2.75, 3.05) is 0 Å². The van der Waals surface area contributed by atoms with E-state index in [2.05, 4.69) is 435 Å². The molecule has 0 atom stereocenters. The van der Waals surface area contributed by atoms with Crippen LogP contribution in [0.2, 0.25) is 0 Å². The minimum absolute atomic E-state index is 1.13. The van der Waals surface area contributed by atoms with E-state index in [1.54, 1.807) is 0 Å². The van der Waals surface area contributed by atoms with E-state index in [1.807, 2.05) is 22.7 Å². The number of rotatable bonds is 10. The zero-order valence-corrected chi connectivity index (χ0v) is 68.4. The summed E-state index contributed by atoms with van der Waals surface area (Å²) in [5.41, 5.74) is 24.7. The van der Waals surface area contributed by atoms with E-state index < -0.39 is 0 Å². The number of hydrogen-bond donors (Lipinski definition) is 0. The third-order valence-electron chi connectivity index (χ3n) is 26.5. The maximum Gasteiger partial charge on any atom is 0.0541 e. The van der Waals surface area contributed by atoms with Gasteiger partial charge < -0.3 is 4.57 Å². The molecule has 0 N–H and O–H groups in total. The molecule has 0 amide bonds. The summed E-state index contributed by atoms with van der Waals surface area (Å²) in [5, 5.41) is 30.3. The van der Waals surface area contributed by atoms with Crippen LogP contribution in [0.25, 0.3) is 265 Å². The molecular weight excluding hydrogens is 1520 g/mol. The van der Waals surface area contributed by atoms with Gasteiger partial charge in [0, 0.05) is 62.4 Å². The molecule has 0 aliphatic rings. The summed E-state index contributed by atoms with van der Waals surface area (Å²) >= 11 is 3.82. The van der Waals surface area contributed by atoms with E-state index in [9.17, 15) is 0 Å². The van der Waals surface area contributed by atoms with Gasteiger partial charge in [0.05, 0.1) is 11.0 Å². The first-order valence-electron chi connectivity index (χ1n) is 42.5. The normalized spacial score (nSPS) is 12.1. The summed E-state index contributed by atoms with van der Waals surface area (Å²) in [5.74, 6) is 0. The van der Waals surface area contributed by atoms with Gasteiger partial charge in [0.15, 0.2) is 0 Å². The average Bonchev–Trinajstić information content (AvgIpc) is 1.65. The third kappa shape index (κ3) is 10.9. The lowest BCUT2D eigenvalue weighted by atomic mass is 9.86. The van der Waals surface area contributed by atoms with E-state index in [0.29, 0.717) is 0 Å². The Bertz CT molecular complexity index is 8860. The summed E-state index contributed by atoms with van der Waals surface area (Å²) in [6.45, 7) is 0. The maximum absolute atomic E-state index is 2.51. The summed E-state index contributed by atoms with van der Waals surface area (Å²) in [6, 6.07) is 163. The Kier molecular flexibility index (Phi) is 15.6. The first kappa shape index (κ1) is 69.6. The molecule has 0 radical (unpaired) electrons. The Balaban J connectivity index is 0.661. The highest BCUT2D eigenvalue weighted by Gasteiger charge is 2.24. The van der Waals surface area contributed by atoms with Crippen molar-refractivity contribution in [2.45, 2.75) is 0 Å². The summed E-state index contributed by atoms with van der Waals surface area (Å²) in [4.78, 5) is 0. The van der Waals surface area contributed by atoms with Gasteiger partial charge in [-0.15, -0.1) is 22.7 Å². The highest BCUT2D eigenvalue weighted by atomic mass is 32.1. The van der Waals surface area contributed by atoms with Crippen LogP contribution in [-0.2, 0) is 0 Å². The fraction of sp³-hybridized carbons (Fsp3) is 0. The van der Waals surface area contributed by atoms with E-state index >= 15 is 0 Å². The molecule has 123 heavy (non-hydrogen) atoms. The van der Waals surface area contributed by atoms with Crippen molar-refractivity contribution in [2.24, 2.45) is 0 Å². The first-order valence-corrected chi connectivity index (χ1v) is 44.1. The van der Waals surface area contributed by atoms with Crippen LogP contribution in [0, 0.1) is 0 Å². The van der Waals surface area contributed by atoms with Crippen molar-refractivity contribution in [1.82, 2.24) is 4.57 Å². The molecule has 26 aromatic rings. The van der Waals surface area contributed by atoms with Gasteiger partial charge in [0.1, 0.15) is 0 Å². The SMILES string of the molecule is c1cc(-c2ccc(-c3ccc4c5ccccc5c5ccccc5c4c3)cc2-c2ccc(-n3c4ccccc4c4ccccc43)cc2)cc(-c2cccc3c2sc2c(-c4cc(-c5ccc6c7ccccc7c7ccccc7c6c5)ccc4-c4cc(-c5ccc6c7ccccc7c7ccccc7c6c5)cc(-c5cccc6c5sc5ccccc56)c4)cccc23)c1. The van der Waals surface area contributed by atoms with Crippen molar-refractivity contribution in [3.63, 3.8) is 0 Å². The molecule has 0 fully saturated rings. The van der Waals surface area contributed by atoms with Gasteiger partial charge in [-0.25, -0.2) is 0 Å².